The fourth-order valence-electron chi connectivity index (χ4n) is 2.60. The van der Waals surface area contributed by atoms with Gasteiger partial charge in [0.2, 0.25) is 5.91 Å². The molecule has 126 valence electrons. The summed E-state index contributed by atoms with van der Waals surface area (Å²) < 4.78 is 7.35. The number of aromatic nitrogens is 1. The average Bonchev–Trinajstić information content (AvgIpc) is 2.50. The van der Waals surface area contributed by atoms with Gasteiger partial charge in [0.25, 0.3) is 5.56 Å². The third-order valence-electron chi connectivity index (χ3n) is 4.25. The van der Waals surface area contributed by atoms with E-state index in [1.54, 1.807) is 28.6 Å². The molecule has 0 N–H and O–H groups in total. The van der Waals surface area contributed by atoms with Gasteiger partial charge in [0.05, 0.1) is 19.5 Å². The Hall–Kier alpha value is -2.27. The molecule has 1 aromatic heterocycles. The minimum absolute atomic E-state index is 0.0642. The number of hydrogen-bond acceptors (Lipinski definition) is 3. The third-order valence-corrected chi connectivity index (χ3v) is 4.50. The molecule has 3 rings (SSSR count). The standard InChI is InChI=1S/C18H19ClN2O3/c1-12-7-15(9-17(22)20(12)2)24-16-10-21(11-16)18(23)8-13-3-5-14(19)6-4-13/h3-7,9,16H,8,10-11H2,1-2H3. The second kappa shape index (κ2) is 6.69. The number of rotatable bonds is 4. The molecule has 24 heavy (non-hydrogen) atoms. The van der Waals surface area contributed by atoms with Gasteiger partial charge >= 0.3 is 0 Å². The van der Waals surface area contributed by atoms with Crippen molar-refractivity contribution in [2.45, 2.75) is 19.4 Å². The molecule has 1 aromatic carbocycles. The van der Waals surface area contributed by atoms with Crippen molar-refractivity contribution in [3.63, 3.8) is 0 Å². The number of likely N-dealkylation sites (tertiary alicyclic amines) is 1. The Morgan fingerprint density at radius 3 is 2.54 bits per heavy atom. The lowest BCUT2D eigenvalue weighted by Gasteiger charge is -2.39. The molecule has 0 atom stereocenters. The summed E-state index contributed by atoms with van der Waals surface area (Å²) in [5, 5.41) is 0.660. The molecule has 0 aliphatic carbocycles. The van der Waals surface area contributed by atoms with Crippen LogP contribution in [-0.2, 0) is 18.3 Å². The first kappa shape index (κ1) is 16.6. The van der Waals surface area contributed by atoms with Gasteiger partial charge in [-0.05, 0) is 30.7 Å². The second-order valence-electron chi connectivity index (χ2n) is 6.07. The topological polar surface area (TPSA) is 51.5 Å². The minimum atomic E-state index is -0.0972. The fraction of sp³-hybridized carbons (Fsp3) is 0.333. The van der Waals surface area contributed by atoms with Gasteiger partial charge in [0.1, 0.15) is 11.9 Å². The average molecular weight is 347 g/mol. The zero-order valence-electron chi connectivity index (χ0n) is 13.7. The van der Waals surface area contributed by atoms with Crippen molar-refractivity contribution in [2.24, 2.45) is 7.05 Å². The summed E-state index contributed by atoms with van der Waals surface area (Å²) in [6.45, 7) is 2.94. The summed E-state index contributed by atoms with van der Waals surface area (Å²) in [4.78, 5) is 25.7. The Bertz CT molecular complexity index is 808. The number of benzene rings is 1. The van der Waals surface area contributed by atoms with Crippen molar-refractivity contribution in [1.82, 2.24) is 9.47 Å². The van der Waals surface area contributed by atoms with Gasteiger partial charge in [0, 0.05) is 23.8 Å². The lowest BCUT2D eigenvalue weighted by molar-refractivity contribution is -0.139. The molecule has 5 nitrogen and oxygen atoms in total. The first-order chi connectivity index (χ1) is 11.4. The van der Waals surface area contributed by atoms with Crippen LogP contribution < -0.4 is 10.3 Å². The van der Waals surface area contributed by atoms with Crippen LogP contribution in [0.1, 0.15) is 11.3 Å². The summed E-state index contributed by atoms with van der Waals surface area (Å²) in [7, 11) is 1.72. The summed E-state index contributed by atoms with van der Waals surface area (Å²) in [6, 6.07) is 10.6. The molecule has 1 fully saturated rings. The summed E-state index contributed by atoms with van der Waals surface area (Å²) in [5.74, 6) is 0.628. The molecule has 0 unspecified atom stereocenters. The number of carbonyl (C=O) groups excluding carboxylic acids is 1. The van der Waals surface area contributed by atoms with Crippen LogP contribution in [0.3, 0.4) is 0 Å². The number of pyridine rings is 1. The molecule has 1 aliphatic rings. The molecule has 1 amide bonds. The van der Waals surface area contributed by atoms with Crippen LogP contribution in [0.2, 0.25) is 5.02 Å². The van der Waals surface area contributed by atoms with Gasteiger partial charge in [0.15, 0.2) is 0 Å². The van der Waals surface area contributed by atoms with E-state index in [4.69, 9.17) is 16.3 Å². The van der Waals surface area contributed by atoms with Crippen molar-refractivity contribution < 1.29 is 9.53 Å². The van der Waals surface area contributed by atoms with Crippen molar-refractivity contribution in [2.75, 3.05) is 13.1 Å². The number of ether oxygens (including phenoxy) is 1. The van der Waals surface area contributed by atoms with Crippen molar-refractivity contribution in [3.8, 4) is 5.75 Å². The number of amides is 1. The van der Waals surface area contributed by atoms with E-state index in [9.17, 15) is 9.59 Å². The van der Waals surface area contributed by atoms with Crippen molar-refractivity contribution >= 4 is 17.5 Å². The van der Waals surface area contributed by atoms with E-state index < -0.39 is 0 Å². The van der Waals surface area contributed by atoms with E-state index in [0.717, 1.165) is 11.3 Å². The molecule has 0 bridgehead atoms. The number of halogens is 1. The highest BCUT2D eigenvalue weighted by atomic mass is 35.5. The maximum atomic E-state index is 12.2. The maximum Gasteiger partial charge on any atom is 0.254 e. The van der Waals surface area contributed by atoms with E-state index in [1.165, 1.54) is 6.07 Å². The van der Waals surface area contributed by atoms with Gasteiger partial charge < -0.3 is 14.2 Å². The fourth-order valence-corrected chi connectivity index (χ4v) is 2.73. The molecule has 6 heteroatoms. The van der Waals surface area contributed by atoms with Crippen molar-refractivity contribution in [3.05, 3.63) is 63.0 Å². The first-order valence-corrected chi connectivity index (χ1v) is 8.17. The van der Waals surface area contributed by atoms with Crippen LogP contribution in [0.15, 0.2) is 41.2 Å². The van der Waals surface area contributed by atoms with E-state index in [2.05, 4.69) is 0 Å². The summed E-state index contributed by atoms with van der Waals surface area (Å²) in [6.07, 6.45) is 0.292. The zero-order chi connectivity index (χ0) is 17.3. The molecule has 1 aliphatic heterocycles. The molecule has 2 aromatic rings. The van der Waals surface area contributed by atoms with E-state index >= 15 is 0 Å². The maximum absolute atomic E-state index is 12.2. The Morgan fingerprint density at radius 2 is 1.92 bits per heavy atom. The molecule has 0 saturated carbocycles. The van der Waals surface area contributed by atoms with Crippen LogP contribution >= 0.6 is 11.6 Å². The highest BCUT2D eigenvalue weighted by molar-refractivity contribution is 6.30. The lowest BCUT2D eigenvalue weighted by Crippen LogP contribution is -2.56. The predicted molar refractivity (Wildman–Crippen MR) is 92.6 cm³/mol. The summed E-state index contributed by atoms with van der Waals surface area (Å²) in [5.41, 5.74) is 1.68. The lowest BCUT2D eigenvalue weighted by atomic mass is 10.1. The molecule has 2 heterocycles. The molecular weight excluding hydrogens is 328 g/mol. The van der Waals surface area contributed by atoms with Gasteiger partial charge in [-0.3, -0.25) is 9.59 Å². The van der Waals surface area contributed by atoms with Crippen LogP contribution in [-0.4, -0.2) is 34.6 Å². The van der Waals surface area contributed by atoms with Gasteiger partial charge in [-0.15, -0.1) is 0 Å². The Kier molecular flexibility index (Phi) is 4.62. The quantitative estimate of drug-likeness (QED) is 0.852. The number of aryl methyl sites for hydroxylation is 1. The third kappa shape index (κ3) is 3.62. The van der Waals surface area contributed by atoms with E-state index in [1.807, 2.05) is 25.1 Å². The monoisotopic (exact) mass is 346 g/mol. The Labute approximate surface area is 145 Å². The number of nitrogens with zero attached hydrogens (tertiary/aromatic N) is 2. The normalized spacial score (nSPS) is 14.4. The number of hydrogen-bond donors (Lipinski definition) is 0. The van der Waals surface area contributed by atoms with E-state index in [-0.39, 0.29) is 17.6 Å². The zero-order valence-corrected chi connectivity index (χ0v) is 14.4. The van der Waals surface area contributed by atoms with Crippen LogP contribution in [0.4, 0.5) is 0 Å². The number of carbonyl (C=O) groups is 1. The molecule has 0 radical (unpaired) electrons. The molecule has 0 spiro atoms. The minimum Gasteiger partial charge on any atom is -0.486 e. The van der Waals surface area contributed by atoms with Crippen LogP contribution in [0.5, 0.6) is 5.75 Å². The van der Waals surface area contributed by atoms with Crippen molar-refractivity contribution in [1.29, 1.82) is 0 Å². The van der Waals surface area contributed by atoms with Crippen LogP contribution in [0.25, 0.3) is 0 Å². The molecular formula is C18H19ClN2O3. The highest BCUT2D eigenvalue weighted by Gasteiger charge is 2.32. The van der Waals surface area contributed by atoms with Gasteiger partial charge in [-0.2, -0.15) is 0 Å². The summed E-state index contributed by atoms with van der Waals surface area (Å²) >= 11 is 5.84. The highest BCUT2D eigenvalue weighted by Crippen LogP contribution is 2.19. The second-order valence-corrected chi connectivity index (χ2v) is 6.51. The van der Waals surface area contributed by atoms with E-state index in [0.29, 0.717) is 30.3 Å². The van der Waals surface area contributed by atoms with Gasteiger partial charge in [-0.25, -0.2) is 0 Å². The SMILES string of the molecule is Cc1cc(OC2CN(C(=O)Cc3ccc(Cl)cc3)C2)cc(=O)n1C. The van der Waals surface area contributed by atoms with Crippen LogP contribution in [0, 0.1) is 6.92 Å². The Morgan fingerprint density at radius 1 is 1.25 bits per heavy atom. The van der Waals surface area contributed by atoms with Gasteiger partial charge in [-0.1, -0.05) is 23.7 Å². The largest absolute Gasteiger partial charge is 0.486 e. The first-order valence-electron chi connectivity index (χ1n) is 7.79. The smallest absolute Gasteiger partial charge is 0.254 e. The predicted octanol–water partition coefficient (Wildman–Crippen LogP) is 2.18. The molecule has 1 saturated heterocycles. The Balaban J connectivity index is 1.53.